The SMILES string of the molecule is CC(=O)O[C@H]1[C@H]2CC[C@H]1[C@@H](N1CCCCC1)CC2. The lowest BCUT2D eigenvalue weighted by molar-refractivity contribution is -0.154. The number of ether oxygens (including phenoxy) is 1. The molecule has 0 aromatic rings. The van der Waals surface area contributed by atoms with Crippen LogP contribution in [0.1, 0.15) is 51.9 Å². The molecule has 3 fully saturated rings. The summed E-state index contributed by atoms with van der Waals surface area (Å²) in [4.78, 5) is 14.0. The van der Waals surface area contributed by atoms with E-state index in [1.54, 1.807) is 6.92 Å². The summed E-state index contributed by atoms with van der Waals surface area (Å²) in [5, 5.41) is 0. The average Bonchev–Trinajstić information content (AvgIpc) is 2.62. The highest BCUT2D eigenvalue weighted by Crippen LogP contribution is 2.46. The minimum atomic E-state index is -0.0869. The van der Waals surface area contributed by atoms with Crippen molar-refractivity contribution >= 4 is 5.97 Å². The first-order valence-corrected chi connectivity index (χ1v) is 7.67. The van der Waals surface area contributed by atoms with Gasteiger partial charge in [0.2, 0.25) is 0 Å². The van der Waals surface area contributed by atoms with E-state index in [2.05, 4.69) is 4.90 Å². The molecule has 0 aromatic heterocycles. The van der Waals surface area contributed by atoms with Gasteiger partial charge < -0.3 is 4.74 Å². The van der Waals surface area contributed by atoms with Gasteiger partial charge in [-0.1, -0.05) is 6.42 Å². The number of likely N-dealkylation sites (tertiary alicyclic amines) is 1. The molecule has 0 amide bonds. The van der Waals surface area contributed by atoms with Crippen molar-refractivity contribution in [1.82, 2.24) is 4.90 Å². The maximum atomic E-state index is 11.3. The highest BCUT2D eigenvalue weighted by Gasteiger charge is 2.47. The lowest BCUT2D eigenvalue weighted by Gasteiger charge is -2.43. The largest absolute Gasteiger partial charge is 0.462 e. The third-order valence-electron chi connectivity index (χ3n) is 5.25. The van der Waals surface area contributed by atoms with Crippen LogP contribution in [-0.4, -0.2) is 36.1 Å². The Kier molecular flexibility index (Phi) is 3.60. The monoisotopic (exact) mass is 251 g/mol. The van der Waals surface area contributed by atoms with Crippen LogP contribution >= 0.6 is 0 Å². The molecule has 0 N–H and O–H groups in total. The second kappa shape index (κ2) is 5.20. The number of nitrogens with zero attached hydrogens (tertiary/aromatic N) is 1. The van der Waals surface area contributed by atoms with E-state index in [0.717, 1.165) is 0 Å². The van der Waals surface area contributed by atoms with Crippen LogP contribution in [0.4, 0.5) is 0 Å². The summed E-state index contributed by atoms with van der Waals surface area (Å²) < 4.78 is 5.63. The van der Waals surface area contributed by atoms with E-state index in [-0.39, 0.29) is 12.1 Å². The zero-order chi connectivity index (χ0) is 12.5. The maximum Gasteiger partial charge on any atom is 0.302 e. The third-order valence-corrected chi connectivity index (χ3v) is 5.25. The molecule has 3 heteroatoms. The summed E-state index contributed by atoms with van der Waals surface area (Å²) >= 11 is 0. The van der Waals surface area contributed by atoms with Crippen LogP contribution in [0.2, 0.25) is 0 Å². The van der Waals surface area contributed by atoms with Crippen LogP contribution in [0.3, 0.4) is 0 Å². The number of hydrogen-bond acceptors (Lipinski definition) is 3. The van der Waals surface area contributed by atoms with Crippen molar-refractivity contribution in [1.29, 1.82) is 0 Å². The fourth-order valence-corrected chi connectivity index (χ4v) is 4.48. The van der Waals surface area contributed by atoms with Crippen LogP contribution in [0.25, 0.3) is 0 Å². The second-order valence-electron chi connectivity index (χ2n) is 6.32. The Bertz CT molecular complexity index is 312. The molecule has 3 rings (SSSR count). The normalized spacial score (nSPS) is 40.7. The molecule has 0 aromatic carbocycles. The fraction of sp³-hybridized carbons (Fsp3) is 0.933. The number of esters is 1. The van der Waals surface area contributed by atoms with Crippen molar-refractivity contribution in [2.45, 2.75) is 64.0 Å². The molecular formula is C15H25NO2. The Morgan fingerprint density at radius 1 is 1.06 bits per heavy atom. The highest BCUT2D eigenvalue weighted by molar-refractivity contribution is 5.66. The minimum Gasteiger partial charge on any atom is -0.462 e. The summed E-state index contributed by atoms with van der Waals surface area (Å²) in [6.45, 7) is 4.08. The molecule has 2 aliphatic carbocycles. The van der Waals surface area contributed by atoms with Gasteiger partial charge in [0.1, 0.15) is 6.10 Å². The van der Waals surface area contributed by atoms with Crippen LogP contribution in [-0.2, 0) is 9.53 Å². The van der Waals surface area contributed by atoms with E-state index < -0.39 is 0 Å². The molecule has 0 spiro atoms. The maximum absolute atomic E-state index is 11.3. The predicted molar refractivity (Wildman–Crippen MR) is 70.2 cm³/mol. The second-order valence-corrected chi connectivity index (χ2v) is 6.32. The molecule has 18 heavy (non-hydrogen) atoms. The Morgan fingerprint density at radius 3 is 2.50 bits per heavy atom. The zero-order valence-electron chi connectivity index (χ0n) is 11.4. The lowest BCUT2D eigenvalue weighted by atomic mass is 9.80. The van der Waals surface area contributed by atoms with Crippen LogP contribution < -0.4 is 0 Å². The van der Waals surface area contributed by atoms with Crippen molar-refractivity contribution in [3.05, 3.63) is 0 Å². The number of carbonyl (C=O) groups excluding carboxylic acids is 1. The quantitative estimate of drug-likeness (QED) is 0.707. The molecule has 0 radical (unpaired) electrons. The van der Waals surface area contributed by atoms with Gasteiger partial charge in [-0.15, -0.1) is 0 Å². The molecule has 3 aliphatic rings. The molecule has 102 valence electrons. The van der Waals surface area contributed by atoms with Crippen LogP contribution in [0.5, 0.6) is 0 Å². The lowest BCUT2D eigenvalue weighted by Crippen LogP contribution is -2.49. The smallest absolute Gasteiger partial charge is 0.302 e. The molecule has 1 saturated heterocycles. The number of rotatable bonds is 2. The van der Waals surface area contributed by atoms with Gasteiger partial charge in [-0.2, -0.15) is 0 Å². The van der Waals surface area contributed by atoms with E-state index in [0.29, 0.717) is 17.9 Å². The number of fused-ring (bicyclic) bond motifs is 2. The van der Waals surface area contributed by atoms with E-state index in [1.165, 1.54) is 58.0 Å². The van der Waals surface area contributed by atoms with Crippen molar-refractivity contribution in [3.8, 4) is 0 Å². The Hall–Kier alpha value is -0.570. The number of carbonyl (C=O) groups is 1. The zero-order valence-corrected chi connectivity index (χ0v) is 11.4. The first-order chi connectivity index (χ1) is 8.75. The first kappa shape index (κ1) is 12.5. The Balaban J connectivity index is 1.70. The molecule has 3 nitrogen and oxygen atoms in total. The summed E-state index contributed by atoms with van der Waals surface area (Å²) in [6.07, 6.45) is 9.45. The summed E-state index contributed by atoms with van der Waals surface area (Å²) in [6, 6.07) is 0.688. The van der Waals surface area contributed by atoms with Crippen LogP contribution in [0, 0.1) is 11.8 Å². The molecular weight excluding hydrogens is 226 g/mol. The summed E-state index contributed by atoms with van der Waals surface area (Å²) in [5.41, 5.74) is 0. The van der Waals surface area contributed by atoms with Gasteiger partial charge in [0.25, 0.3) is 0 Å². The Morgan fingerprint density at radius 2 is 1.78 bits per heavy atom. The number of hydrogen-bond donors (Lipinski definition) is 0. The summed E-state index contributed by atoms with van der Waals surface area (Å²) in [5.74, 6) is 1.18. The van der Waals surface area contributed by atoms with E-state index in [1.807, 2.05) is 0 Å². The average molecular weight is 251 g/mol. The van der Waals surface area contributed by atoms with Gasteiger partial charge in [-0.25, -0.2) is 0 Å². The summed E-state index contributed by atoms with van der Waals surface area (Å²) in [7, 11) is 0. The van der Waals surface area contributed by atoms with Crippen molar-refractivity contribution in [2.75, 3.05) is 13.1 Å². The van der Waals surface area contributed by atoms with Gasteiger partial charge in [0.05, 0.1) is 0 Å². The van der Waals surface area contributed by atoms with Gasteiger partial charge in [-0.05, 0) is 57.5 Å². The van der Waals surface area contributed by atoms with Crippen molar-refractivity contribution < 1.29 is 9.53 Å². The highest BCUT2D eigenvalue weighted by atomic mass is 16.5. The van der Waals surface area contributed by atoms with Gasteiger partial charge in [0, 0.05) is 18.9 Å². The topological polar surface area (TPSA) is 29.5 Å². The molecule has 4 atom stereocenters. The van der Waals surface area contributed by atoms with Gasteiger partial charge in [0.15, 0.2) is 0 Å². The van der Waals surface area contributed by atoms with Crippen molar-refractivity contribution in [2.24, 2.45) is 11.8 Å². The molecule has 1 heterocycles. The minimum absolute atomic E-state index is 0.0869. The van der Waals surface area contributed by atoms with E-state index in [9.17, 15) is 4.79 Å². The van der Waals surface area contributed by atoms with Gasteiger partial charge in [-0.3, -0.25) is 9.69 Å². The fourth-order valence-electron chi connectivity index (χ4n) is 4.48. The van der Waals surface area contributed by atoms with E-state index in [4.69, 9.17) is 4.74 Å². The molecule has 1 aliphatic heterocycles. The van der Waals surface area contributed by atoms with E-state index >= 15 is 0 Å². The first-order valence-electron chi connectivity index (χ1n) is 7.67. The third kappa shape index (κ3) is 2.29. The Labute approximate surface area is 110 Å². The van der Waals surface area contributed by atoms with Crippen LogP contribution in [0.15, 0.2) is 0 Å². The standard InChI is InChI=1S/C15H25NO2/c1-11(17)18-15-12-5-7-13(15)14(8-6-12)16-9-3-2-4-10-16/h12-15H,2-10H2,1H3/t12-,13-,14-,15-/m0/s1. The molecule has 0 unspecified atom stereocenters. The predicted octanol–water partition coefficient (Wildman–Crippen LogP) is 2.59. The molecule has 2 saturated carbocycles. The van der Waals surface area contributed by atoms with Gasteiger partial charge >= 0.3 is 5.97 Å². The number of piperidine rings is 1. The molecule has 2 bridgehead atoms. The van der Waals surface area contributed by atoms with Crippen molar-refractivity contribution in [3.63, 3.8) is 0 Å².